The average Bonchev–Trinajstić information content (AvgIpc) is 3.16. The zero-order valence-corrected chi connectivity index (χ0v) is 16.0. The van der Waals surface area contributed by atoms with Gasteiger partial charge in [-0.1, -0.05) is 23.7 Å². The highest BCUT2D eigenvalue weighted by Gasteiger charge is 2.29. The molecule has 0 N–H and O–H groups in total. The summed E-state index contributed by atoms with van der Waals surface area (Å²) in [6.45, 7) is 0. The van der Waals surface area contributed by atoms with Gasteiger partial charge in [0, 0.05) is 17.6 Å². The van der Waals surface area contributed by atoms with Crippen molar-refractivity contribution >= 4 is 46.8 Å². The van der Waals surface area contributed by atoms with Crippen molar-refractivity contribution in [3.8, 4) is 11.5 Å². The highest BCUT2D eigenvalue weighted by molar-refractivity contribution is 8.19. The number of nitro groups is 1. The summed E-state index contributed by atoms with van der Waals surface area (Å²) in [6, 6.07) is 9.45. The topological polar surface area (TPSA) is 78.7 Å². The van der Waals surface area contributed by atoms with E-state index in [1.54, 1.807) is 47.8 Å². The van der Waals surface area contributed by atoms with Crippen molar-refractivity contribution in [2.45, 2.75) is 4.58 Å². The molecule has 0 bridgehead atoms. The summed E-state index contributed by atoms with van der Waals surface area (Å²) in [5, 5.41) is 11.8. The zero-order valence-electron chi connectivity index (χ0n) is 13.6. The van der Waals surface area contributed by atoms with Gasteiger partial charge < -0.3 is 9.47 Å². The van der Waals surface area contributed by atoms with Gasteiger partial charge in [-0.05, 0) is 23.8 Å². The highest BCUT2D eigenvalue weighted by atomic mass is 35.5. The lowest BCUT2D eigenvalue weighted by Gasteiger charge is -2.14. The fraction of sp³-hybridized carbons (Fsp3) is 0.235. The van der Waals surface area contributed by atoms with Crippen LogP contribution < -0.4 is 9.47 Å². The minimum absolute atomic E-state index is 0.0934. The summed E-state index contributed by atoms with van der Waals surface area (Å²) in [5.41, 5.74) is 0.572. The van der Waals surface area contributed by atoms with E-state index >= 15 is 0 Å². The summed E-state index contributed by atoms with van der Waals surface area (Å²) >= 11 is 9.43. The van der Waals surface area contributed by atoms with Gasteiger partial charge in [0.25, 0.3) is 0 Å². The maximum atomic E-state index is 12.4. The van der Waals surface area contributed by atoms with Crippen LogP contribution in [0.25, 0.3) is 0 Å². The molecular weight excluding hydrogens is 398 g/mol. The zero-order chi connectivity index (χ0) is 18.7. The summed E-state index contributed by atoms with van der Waals surface area (Å²) in [5.74, 6) is 1.10. The van der Waals surface area contributed by atoms with E-state index < -0.39 is 10.9 Å². The molecule has 1 heterocycles. The molecule has 0 aromatic heterocycles. The monoisotopic (exact) mass is 411 g/mol. The van der Waals surface area contributed by atoms with Gasteiger partial charge in [-0.25, -0.2) is 4.79 Å². The van der Waals surface area contributed by atoms with Crippen LogP contribution in [0.2, 0.25) is 5.02 Å². The Morgan fingerprint density at radius 2 is 1.96 bits per heavy atom. The minimum atomic E-state index is -0.783. The highest BCUT2D eigenvalue weighted by Crippen LogP contribution is 2.49. The second kappa shape index (κ2) is 8.20. The van der Waals surface area contributed by atoms with Crippen LogP contribution in [0, 0.1) is 10.1 Å². The first-order valence-corrected chi connectivity index (χ1v) is 10.0. The van der Waals surface area contributed by atoms with Gasteiger partial charge in [0.1, 0.15) is 0 Å². The molecule has 2 aromatic carbocycles. The van der Waals surface area contributed by atoms with Crippen molar-refractivity contribution in [2.75, 3.05) is 18.6 Å². The lowest BCUT2D eigenvalue weighted by molar-refractivity contribution is -0.385. The van der Waals surface area contributed by atoms with E-state index in [0.717, 1.165) is 17.1 Å². The molecule has 0 radical (unpaired) electrons. The predicted molar refractivity (Wildman–Crippen MR) is 104 cm³/mol. The van der Waals surface area contributed by atoms with E-state index in [9.17, 15) is 14.9 Å². The van der Waals surface area contributed by atoms with E-state index in [0.29, 0.717) is 0 Å². The lowest BCUT2D eigenvalue weighted by atomic mass is 10.2. The number of hydrogen-bond acceptors (Lipinski definition) is 7. The molecule has 136 valence electrons. The van der Waals surface area contributed by atoms with Gasteiger partial charge in [-0.2, -0.15) is 0 Å². The van der Waals surface area contributed by atoms with Crippen LogP contribution in [0.5, 0.6) is 11.5 Å². The molecule has 0 spiro atoms. The van der Waals surface area contributed by atoms with Gasteiger partial charge in [-0.3, -0.25) is 10.1 Å². The van der Waals surface area contributed by atoms with Crippen LogP contribution in [-0.2, 0) is 0 Å². The maximum Gasteiger partial charge on any atom is 0.345 e. The number of nitrogens with zero attached hydrogens (tertiary/aromatic N) is 1. The second-order valence-electron chi connectivity index (χ2n) is 5.27. The van der Waals surface area contributed by atoms with Gasteiger partial charge in [0.2, 0.25) is 5.75 Å². The molecule has 0 saturated carbocycles. The Kier molecular flexibility index (Phi) is 5.95. The van der Waals surface area contributed by atoms with Crippen molar-refractivity contribution in [1.82, 2.24) is 0 Å². The molecule has 0 unspecified atom stereocenters. The van der Waals surface area contributed by atoms with E-state index in [1.807, 2.05) is 0 Å². The maximum absolute atomic E-state index is 12.4. The van der Waals surface area contributed by atoms with Gasteiger partial charge in [0.15, 0.2) is 5.75 Å². The fourth-order valence-corrected chi connectivity index (χ4v) is 5.49. The Morgan fingerprint density at radius 1 is 1.27 bits per heavy atom. The first-order valence-electron chi connectivity index (χ1n) is 7.57. The average molecular weight is 412 g/mol. The first-order chi connectivity index (χ1) is 12.5. The smallest absolute Gasteiger partial charge is 0.345 e. The number of esters is 1. The minimum Gasteiger partial charge on any atom is -0.493 e. The number of halogens is 1. The van der Waals surface area contributed by atoms with Crippen molar-refractivity contribution in [2.24, 2.45) is 0 Å². The molecule has 9 heteroatoms. The number of ether oxygens (including phenoxy) is 2. The van der Waals surface area contributed by atoms with E-state index in [-0.39, 0.29) is 32.4 Å². The number of nitro benzene ring substituents is 1. The normalized spacial score (nSPS) is 14.2. The third-order valence-corrected chi connectivity index (χ3v) is 7.09. The third-order valence-electron chi connectivity index (χ3n) is 3.66. The quantitative estimate of drug-likeness (QED) is 0.298. The van der Waals surface area contributed by atoms with Crippen LogP contribution >= 0.6 is 35.1 Å². The van der Waals surface area contributed by atoms with Gasteiger partial charge >= 0.3 is 11.7 Å². The Morgan fingerprint density at radius 3 is 2.58 bits per heavy atom. The summed E-state index contributed by atoms with van der Waals surface area (Å²) in [7, 11) is 1.38. The number of carbonyl (C=O) groups excluding carboxylic acids is 1. The molecule has 6 nitrogen and oxygen atoms in total. The van der Waals surface area contributed by atoms with Crippen LogP contribution in [0.15, 0.2) is 36.4 Å². The summed E-state index contributed by atoms with van der Waals surface area (Å²) in [6.07, 6.45) is 0. The van der Waals surface area contributed by atoms with Crippen molar-refractivity contribution in [3.63, 3.8) is 0 Å². The molecule has 1 saturated heterocycles. The number of benzene rings is 2. The molecule has 0 amide bonds. The SMILES string of the molecule is COc1cc(C2SCCS2)cc([N+](=O)[O-])c1OC(=O)c1ccccc1Cl. The van der Waals surface area contributed by atoms with E-state index in [2.05, 4.69) is 0 Å². The Balaban J connectivity index is 2.01. The van der Waals surface area contributed by atoms with Crippen molar-refractivity contribution in [1.29, 1.82) is 0 Å². The van der Waals surface area contributed by atoms with Gasteiger partial charge in [0.05, 0.1) is 27.2 Å². The number of methoxy groups -OCH3 is 1. The molecule has 3 rings (SSSR count). The van der Waals surface area contributed by atoms with E-state index in [1.165, 1.54) is 19.2 Å². The van der Waals surface area contributed by atoms with E-state index in [4.69, 9.17) is 21.1 Å². The van der Waals surface area contributed by atoms with Gasteiger partial charge in [-0.15, -0.1) is 23.5 Å². The Hall–Kier alpha value is -1.90. The molecule has 2 aromatic rings. The standard InChI is InChI=1S/C17H14ClNO5S2/c1-23-14-9-10(17-25-6-7-26-17)8-13(19(21)22)15(14)24-16(20)11-4-2-3-5-12(11)18/h2-5,8-9,17H,6-7H2,1H3. The molecule has 0 atom stereocenters. The number of rotatable bonds is 5. The largest absolute Gasteiger partial charge is 0.493 e. The predicted octanol–water partition coefficient (Wildman–Crippen LogP) is 4.95. The summed E-state index contributed by atoms with van der Waals surface area (Å²) < 4.78 is 10.7. The number of thioether (sulfide) groups is 2. The molecule has 0 aliphatic carbocycles. The lowest BCUT2D eigenvalue weighted by Crippen LogP contribution is -2.11. The molecule has 1 aliphatic heterocycles. The van der Waals surface area contributed by atoms with Crippen molar-refractivity contribution in [3.05, 3.63) is 62.7 Å². The Labute approximate surface area is 163 Å². The molecular formula is C17H14ClNO5S2. The van der Waals surface area contributed by atoms with Crippen LogP contribution in [0.3, 0.4) is 0 Å². The second-order valence-corrected chi connectivity index (χ2v) is 8.40. The fourth-order valence-electron chi connectivity index (χ4n) is 2.46. The van der Waals surface area contributed by atoms with Crippen LogP contribution in [-0.4, -0.2) is 29.5 Å². The Bertz CT molecular complexity index is 855. The number of carbonyl (C=O) groups is 1. The molecule has 1 fully saturated rings. The van der Waals surface area contributed by atoms with Crippen LogP contribution in [0.4, 0.5) is 5.69 Å². The number of hydrogen-bond donors (Lipinski definition) is 0. The first kappa shape index (κ1) is 18.9. The summed E-state index contributed by atoms with van der Waals surface area (Å²) in [4.78, 5) is 23.4. The van der Waals surface area contributed by atoms with Crippen molar-refractivity contribution < 1.29 is 19.2 Å². The molecule has 26 heavy (non-hydrogen) atoms. The third kappa shape index (κ3) is 3.92. The molecule has 1 aliphatic rings. The van der Waals surface area contributed by atoms with Crippen LogP contribution in [0.1, 0.15) is 20.5 Å².